The first kappa shape index (κ1) is 25.2. The van der Waals surface area contributed by atoms with Gasteiger partial charge in [0.15, 0.2) is 0 Å². The molecule has 3 aromatic carbocycles. The lowest BCUT2D eigenvalue weighted by molar-refractivity contribution is 0.0452. The fourth-order valence-electron chi connectivity index (χ4n) is 4.13. The van der Waals surface area contributed by atoms with E-state index in [0.29, 0.717) is 5.75 Å². The number of carbonyl (C=O) groups excluding carboxylic acids is 3. The maximum atomic E-state index is 13.8. The van der Waals surface area contributed by atoms with Gasteiger partial charge in [0.1, 0.15) is 17.9 Å². The van der Waals surface area contributed by atoms with E-state index in [1.165, 1.54) is 56.6 Å². The molecule has 1 atom stereocenters. The maximum absolute atomic E-state index is 13.8. The van der Waals surface area contributed by atoms with Crippen LogP contribution in [-0.2, 0) is 14.8 Å². The lowest BCUT2D eigenvalue weighted by atomic mass is 9.89. The van der Waals surface area contributed by atoms with E-state index < -0.39 is 33.2 Å². The SMILES string of the molecule is COc1ccccc1C(=O)OCCN[C@]1(C(=O)c2ccccc2)C(=O)c2ccccc2S(=O)(=O)N1C. The summed E-state index contributed by atoms with van der Waals surface area (Å²) in [6, 6.07) is 20.2. The maximum Gasteiger partial charge on any atom is 0.341 e. The van der Waals surface area contributed by atoms with Crippen LogP contribution in [0.5, 0.6) is 5.75 Å². The summed E-state index contributed by atoms with van der Waals surface area (Å²) in [5.41, 5.74) is -2.02. The van der Waals surface area contributed by atoms with Gasteiger partial charge in [-0.2, -0.15) is 4.31 Å². The molecule has 0 unspecified atom stereocenters. The molecule has 0 spiro atoms. The summed E-state index contributed by atoms with van der Waals surface area (Å²) in [5, 5.41) is 2.80. The molecule has 0 saturated heterocycles. The van der Waals surface area contributed by atoms with Crippen molar-refractivity contribution < 1.29 is 32.3 Å². The van der Waals surface area contributed by atoms with Gasteiger partial charge in [0.25, 0.3) is 0 Å². The van der Waals surface area contributed by atoms with Gasteiger partial charge in [-0.25, -0.2) is 13.2 Å². The number of ether oxygens (including phenoxy) is 2. The summed E-state index contributed by atoms with van der Waals surface area (Å²) in [7, 11) is -1.61. The monoisotopic (exact) mass is 508 g/mol. The van der Waals surface area contributed by atoms with Crippen LogP contribution in [0.15, 0.2) is 83.8 Å². The number of fused-ring (bicyclic) bond motifs is 1. The lowest BCUT2D eigenvalue weighted by Gasteiger charge is -2.42. The Morgan fingerprint density at radius 1 is 0.944 bits per heavy atom. The summed E-state index contributed by atoms with van der Waals surface area (Å²) in [5.74, 6) is -1.81. The van der Waals surface area contributed by atoms with E-state index >= 15 is 0 Å². The minimum Gasteiger partial charge on any atom is -0.496 e. The van der Waals surface area contributed by atoms with Crippen molar-refractivity contribution in [3.8, 4) is 5.75 Å². The molecule has 1 aliphatic rings. The predicted octanol–water partition coefficient (Wildman–Crippen LogP) is 2.54. The molecule has 0 saturated carbocycles. The number of methoxy groups -OCH3 is 1. The minimum absolute atomic E-state index is 0.0987. The van der Waals surface area contributed by atoms with Crippen molar-refractivity contribution in [2.75, 3.05) is 27.3 Å². The molecule has 0 fully saturated rings. The molecule has 186 valence electrons. The minimum atomic E-state index is -4.21. The van der Waals surface area contributed by atoms with Crippen molar-refractivity contribution in [1.29, 1.82) is 0 Å². The summed E-state index contributed by atoms with van der Waals surface area (Å²) in [6.07, 6.45) is 0. The zero-order valence-electron chi connectivity index (χ0n) is 19.6. The molecular formula is C26H24N2O7S. The molecule has 9 nitrogen and oxygen atoms in total. The highest BCUT2D eigenvalue weighted by atomic mass is 32.2. The van der Waals surface area contributed by atoms with Gasteiger partial charge in [0, 0.05) is 24.7 Å². The fraction of sp³-hybridized carbons (Fsp3) is 0.192. The van der Waals surface area contributed by atoms with Crippen molar-refractivity contribution in [3.05, 3.63) is 95.6 Å². The Bertz CT molecular complexity index is 1420. The quantitative estimate of drug-likeness (QED) is 0.213. The Balaban J connectivity index is 1.66. The van der Waals surface area contributed by atoms with Gasteiger partial charge < -0.3 is 9.47 Å². The van der Waals surface area contributed by atoms with E-state index in [-0.39, 0.29) is 34.7 Å². The molecule has 0 radical (unpaired) electrons. The third-order valence-corrected chi connectivity index (χ3v) is 7.89. The molecule has 10 heteroatoms. The van der Waals surface area contributed by atoms with Crippen LogP contribution in [0.25, 0.3) is 0 Å². The molecule has 1 heterocycles. The van der Waals surface area contributed by atoms with Crippen molar-refractivity contribution in [3.63, 3.8) is 0 Å². The van der Waals surface area contributed by atoms with E-state index in [0.717, 1.165) is 4.31 Å². The number of rotatable bonds is 8. The van der Waals surface area contributed by atoms with Crippen LogP contribution < -0.4 is 10.1 Å². The average molecular weight is 509 g/mol. The number of carbonyl (C=O) groups is 3. The summed E-state index contributed by atoms with van der Waals surface area (Å²) < 4.78 is 38.0. The first-order valence-electron chi connectivity index (χ1n) is 11.0. The Morgan fingerprint density at radius 2 is 1.58 bits per heavy atom. The second-order valence-electron chi connectivity index (χ2n) is 7.97. The highest BCUT2D eigenvalue weighted by Gasteiger charge is 2.58. The van der Waals surface area contributed by atoms with E-state index in [1.54, 1.807) is 36.4 Å². The summed E-state index contributed by atoms with van der Waals surface area (Å²) >= 11 is 0. The van der Waals surface area contributed by atoms with E-state index in [1.807, 2.05) is 0 Å². The van der Waals surface area contributed by atoms with Crippen LogP contribution >= 0.6 is 0 Å². The molecule has 4 rings (SSSR count). The Morgan fingerprint density at radius 3 is 2.31 bits per heavy atom. The smallest absolute Gasteiger partial charge is 0.341 e. The molecule has 0 bridgehead atoms. The standard InChI is InChI=1S/C26H24N2O7S/c1-28-26(23(29)18-10-4-3-5-11-18,24(30)20-13-7-9-15-22(20)36(28,32)33)27-16-17-35-25(31)19-12-6-8-14-21(19)34-2/h3-15,27H,16-17H2,1-2H3/t26-/m0/s1. The van der Waals surface area contributed by atoms with Crippen LogP contribution in [0.3, 0.4) is 0 Å². The van der Waals surface area contributed by atoms with Crippen LogP contribution in [0.4, 0.5) is 0 Å². The summed E-state index contributed by atoms with van der Waals surface area (Å²) in [4.78, 5) is 39.9. The third kappa shape index (κ3) is 4.19. The van der Waals surface area contributed by atoms with Gasteiger partial charge in [0.2, 0.25) is 27.3 Å². The van der Waals surface area contributed by atoms with Crippen molar-refractivity contribution >= 4 is 27.6 Å². The number of nitrogens with zero attached hydrogens (tertiary/aromatic N) is 1. The second kappa shape index (κ2) is 10.0. The summed E-state index contributed by atoms with van der Waals surface area (Å²) in [6.45, 7) is -0.434. The Labute approximate surface area is 208 Å². The van der Waals surface area contributed by atoms with Crippen LogP contribution in [0.2, 0.25) is 0 Å². The number of benzene rings is 3. The van der Waals surface area contributed by atoms with Crippen molar-refractivity contribution in [1.82, 2.24) is 9.62 Å². The fourth-order valence-corrected chi connectivity index (χ4v) is 5.70. The average Bonchev–Trinajstić information content (AvgIpc) is 2.92. The van der Waals surface area contributed by atoms with Crippen LogP contribution in [0.1, 0.15) is 31.1 Å². The number of likely N-dealkylation sites (N-methyl/N-ethyl adjacent to an activating group) is 1. The molecule has 0 amide bonds. The zero-order valence-corrected chi connectivity index (χ0v) is 20.4. The van der Waals surface area contributed by atoms with Gasteiger partial charge in [-0.1, -0.05) is 54.6 Å². The first-order valence-corrected chi connectivity index (χ1v) is 12.5. The number of Topliss-reactive ketones (excluding diaryl/α,β-unsaturated/α-hetero) is 2. The Hall–Kier alpha value is -3.86. The van der Waals surface area contributed by atoms with Gasteiger partial charge in [-0.05, 0) is 24.3 Å². The largest absolute Gasteiger partial charge is 0.496 e. The predicted molar refractivity (Wildman–Crippen MR) is 131 cm³/mol. The highest BCUT2D eigenvalue weighted by Crippen LogP contribution is 2.36. The zero-order chi connectivity index (χ0) is 25.9. The third-order valence-electron chi connectivity index (χ3n) is 5.98. The van der Waals surface area contributed by atoms with Gasteiger partial charge >= 0.3 is 5.97 Å². The van der Waals surface area contributed by atoms with Crippen molar-refractivity contribution in [2.45, 2.75) is 10.6 Å². The number of nitrogens with one attached hydrogen (secondary N) is 1. The van der Waals surface area contributed by atoms with E-state index in [2.05, 4.69) is 5.32 Å². The molecule has 1 aliphatic heterocycles. The van der Waals surface area contributed by atoms with Crippen molar-refractivity contribution in [2.24, 2.45) is 0 Å². The van der Waals surface area contributed by atoms with Crippen LogP contribution in [-0.4, -0.2) is 63.2 Å². The number of para-hydroxylation sites is 1. The molecule has 3 aromatic rings. The molecule has 0 aromatic heterocycles. The number of sulfonamides is 1. The van der Waals surface area contributed by atoms with Gasteiger partial charge in [-0.15, -0.1) is 0 Å². The molecule has 0 aliphatic carbocycles. The van der Waals surface area contributed by atoms with Crippen LogP contribution in [0, 0.1) is 0 Å². The normalized spacial score (nSPS) is 18.8. The lowest BCUT2D eigenvalue weighted by Crippen LogP contribution is -2.71. The van der Waals surface area contributed by atoms with E-state index in [4.69, 9.17) is 9.47 Å². The first-order chi connectivity index (χ1) is 17.2. The van der Waals surface area contributed by atoms with Gasteiger partial charge in [-0.3, -0.25) is 14.9 Å². The highest BCUT2D eigenvalue weighted by molar-refractivity contribution is 7.89. The Kier molecular flexibility index (Phi) is 7.02. The molecule has 1 N–H and O–H groups in total. The topological polar surface area (TPSA) is 119 Å². The number of hydrogen-bond acceptors (Lipinski definition) is 8. The van der Waals surface area contributed by atoms with Gasteiger partial charge in [0.05, 0.1) is 12.0 Å². The number of esters is 1. The molecular weight excluding hydrogens is 484 g/mol. The number of hydrogen-bond donors (Lipinski definition) is 1. The van der Waals surface area contributed by atoms with E-state index in [9.17, 15) is 22.8 Å². The second-order valence-corrected chi connectivity index (χ2v) is 9.90. The molecule has 36 heavy (non-hydrogen) atoms. The number of ketones is 2.